The zero-order chi connectivity index (χ0) is 17.1. The lowest BCUT2D eigenvalue weighted by Gasteiger charge is -2.06. The lowest BCUT2D eigenvalue weighted by atomic mass is 10.2. The summed E-state index contributed by atoms with van der Waals surface area (Å²) in [6.45, 7) is 2.04. The van der Waals surface area contributed by atoms with E-state index in [4.69, 9.17) is 0 Å². The zero-order valence-electron chi connectivity index (χ0n) is 13.5. The number of nitrogens with zero attached hydrogens (tertiary/aromatic N) is 6. The van der Waals surface area contributed by atoms with Crippen LogP contribution in [0.5, 0.6) is 0 Å². The fraction of sp³-hybridized carbons (Fsp3) is 0.0556. The number of benzene rings is 1. The molecule has 0 amide bonds. The van der Waals surface area contributed by atoms with E-state index in [0.29, 0.717) is 5.82 Å². The maximum absolute atomic E-state index is 4.47. The topological polar surface area (TPSA) is 80.9 Å². The number of aryl methyl sites for hydroxylation is 1. The van der Waals surface area contributed by atoms with Gasteiger partial charge in [0.15, 0.2) is 11.5 Å². The van der Waals surface area contributed by atoms with Gasteiger partial charge in [-0.05, 0) is 36.2 Å². The molecule has 3 heterocycles. The second-order valence-electron chi connectivity index (χ2n) is 5.45. The van der Waals surface area contributed by atoms with Crippen LogP contribution in [0.25, 0.3) is 16.7 Å². The van der Waals surface area contributed by atoms with E-state index < -0.39 is 0 Å². The van der Waals surface area contributed by atoms with E-state index >= 15 is 0 Å². The van der Waals surface area contributed by atoms with Crippen molar-refractivity contribution < 1.29 is 0 Å². The maximum Gasteiger partial charge on any atom is 0.168 e. The highest BCUT2D eigenvalue weighted by Gasteiger charge is 2.11. The Kier molecular flexibility index (Phi) is 3.88. The average molecular weight is 329 g/mol. The van der Waals surface area contributed by atoms with Crippen molar-refractivity contribution in [3.8, 4) is 5.69 Å². The smallest absolute Gasteiger partial charge is 0.168 e. The summed E-state index contributed by atoms with van der Waals surface area (Å²) >= 11 is 0. The van der Waals surface area contributed by atoms with Crippen LogP contribution in [0.2, 0.25) is 0 Å². The minimum atomic E-state index is 0.607. The van der Waals surface area contributed by atoms with Crippen LogP contribution < -0.4 is 5.43 Å². The van der Waals surface area contributed by atoms with Crippen molar-refractivity contribution in [3.63, 3.8) is 0 Å². The number of para-hydroxylation sites is 1. The number of nitrogens with one attached hydrogen (secondary N) is 1. The monoisotopic (exact) mass is 329 g/mol. The van der Waals surface area contributed by atoms with E-state index in [1.165, 1.54) is 6.33 Å². The second-order valence-corrected chi connectivity index (χ2v) is 5.45. The van der Waals surface area contributed by atoms with Crippen LogP contribution in [0.4, 0.5) is 5.82 Å². The molecule has 7 heteroatoms. The van der Waals surface area contributed by atoms with Gasteiger partial charge in [0.25, 0.3) is 0 Å². The van der Waals surface area contributed by atoms with Gasteiger partial charge in [-0.2, -0.15) is 10.2 Å². The average Bonchev–Trinajstić information content (AvgIpc) is 3.08. The number of hydrogen-bond acceptors (Lipinski definition) is 6. The molecule has 0 radical (unpaired) electrons. The minimum absolute atomic E-state index is 0.607. The van der Waals surface area contributed by atoms with Gasteiger partial charge in [0.1, 0.15) is 6.33 Å². The fourth-order valence-corrected chi connectivity index (χ4v) is 2.53. The number of aromatic nitrogens is 5. The highest BCUT2D eigenvalue weighted by atomic mass is 15.3. The van der Waals surface area contributed by atoms with E-state index in [2.05, 4.69) is 30.6 Å². The summed E-state index contributed by atoms with van der Waals surface area (Å²) < 4.78 is 1.81. The predicted octanol–water partition coefficient (Wildman–Crippen LogP) is 2.96. The molecule has 1 aromatic carbocycles. The lowest BCUT2D eigenvalue weighted by Crippen LogP contribution is -2.01. The Balaban J connectivity index is 1.68. The summed E-state index contributed by atoms with van der Waals surface area (Å²) in [7, 11) is 0. The highest BCUT2D eigenvalue weighted by Crippen LogP contribution is 2.22. The summed E-state index contributed by atoms with van der Waals surface area (Å²) in [4.78, 5) is 12.6. The number of anilines is 1. The van der Waals surface area contributed by atoms with E-state index in [-0.39, 0.29) is 0 Å². The first-order chi connectivity index (χ1) is 12.3. The number of rotatable bonds is 4. The summed E-state index contributed by atoms with van der Waals surface area (Å²) in [6, 6.07) is 11.8. The highest BCUT2D eigenvalue weighted by molar-refractivity contribution is 5.88. The van der Waals surface area contributed by atoms with Crippen LogP contribution >= 0.6 is 0 Å². The molecule has 0 bridgehead atoms. The number of pyridine rings is 1. The first kappa shape index (κ1) is 14.9. The zero-order valence-corrected chi connectivity index (χ0v) is 13.5. The molecule has 0 fully saturated rings. The van der Waals surface area contributed by atoms with E-state index in [1.54, 1.807) is 24.8 Å². The van der Waals surface area contributed by atoms with Crippen LogP contribution in [0.15, 0.2) is 66.4 Å². The molecule has 4 rings (SSSR count). The maximum atomic E-state index is 4.47. The largest absolute Gasteiger partial charge is 0.265 e. The van der Waals surface area contributed by atoms with Crippen LogP contribution in [0.1, 0.15) is 11.1 Å². The summed E-state index contributed by atoms with van der Waals surface area (Å²) in [5.74, 6) is 0.607. The Morgan fingerprint density at radius 1 is 1.08 bits per heavy atom. The van der Waals surface area contributed by atoms with Crippen molar-refractivity contribution in [3.05, 3.63) is 72.4 Å². The van der Waals surface area contributed by atoms with E-state index in [1.807, 2.05) is 48.0 Å². The van der Waals surface area contributed by atoms with Crippen LogP contribution in [-0.2, 0) is 0 Å². The molecule has 7 nitrogen and oxygen atoms in total. The Morgan fingerprint density at radius 2 is 1.92 bits per heavy atom. The van der Waals surface area contributed by atoms with Crippen LogP contribution in [0.3, 0.4) is 0 Å². The van der Waals surface area contributed by atoms with Crippen molar-refractivity contribution >= 4 is 23.1 Å². The van der Waals surface area contributed by atoms with Gasteiger partial charge in [0, 0.05) is 12.4 Å². The second kappa shape index (κ2) is 6.48. The first-order valence-electron chi connectivity index (χ1n) is 7.77. The molecule has 0 aliphatic heterocycles. The van der Waals surface area contributed by atoms with Crippen molar-refractivity contribution in [2.75, 3.05) is 5.43 Å². The summed E-state index contributed by atoms with van der Waals surface area (Å²) in [6.07, 6.45) is 8.39. The number of hydrogen-bond donors (Lipinski definition) is 1. The number of fused-ring (bicyclic) bond motifs is 1. The Bertz CT molecular complexity index is 1040. The Labute approximate surface area is 144 Å². The first-order valence-corrected chi connectivity index (χ1v) is 7.77. The van der Waals surface area contributed by atoms with Gasteiger partial charge in [0.05, 0.1) is 23.5 Å². The fourth-order valence-electron chi connectivity index (χ4n) is 2.53. The molecule has 0 aliphatic carbocycles. The summed E-state index contributed by atoms with van der Waals surface area (Å²) in [5.41, 5.74) is 6.75. The Hall–Kier alpha value is -3.61. The molecule has 0 unspecified atom stereocenters. The van der Waals surface area contributed by atoms with Gasteiger partial charge in [-0.1, -0.05) is 18.2 Å². The third-order valence-corrected chi connectivity index (χ3v) is 3.80. The third-order valence-electron chi connectivity index (χ3n) is 3.80. The lowest BCUT2D eigenvalue weighted by molar-refractivity contribution is 0.887. The van der Waals surface area contributed by atoms with Crippen molar-refractivity contribution in [2.24, 2.45) is 5.10 Å². The van der Waals surface area contributed by atoms with Gasteiger partial charge in [-0.15, -0.1) is 0 Å². The molecule has 1 N–H and O–H groups in total. The van der Waals surface area contributed by atoms with Gasteiger partial charge in [-0.3, -0.25) is 10.4 Å². The van der Waals surface area contributed by atoms with Crippen LogP contribution in [0, 0.1) is 6.92 Å². The molecule has 0 spiro atoms. The predicted molar refractivity (Wildman–Crippen MR) is 96.9 cm³/mol. The minimum Gasteiger partial charge on any atom is -0.265 e. The summed E-state index contributed by atoms with van der Waals surface area (Å²) in [5, 5.41) is 9.50. The third kappa shape index (κ3) is 2.94. The molecular formula is C18H15N7. The molecule has 0 saturated carbocycles. The number of hydrazone groups is 1. The van der Waals surface area contributed by atoms with Gasteiger partial charge < -0.3 is 0 Å². The standard InChI is InChI=1S/C18H15N7/c1-13-4-2-3-5-16(13)25-18-15(11-23-25)17(20-12-21-18)24-22-10-14-6-8-19-9-7-14/h2-12H,1H3,(H,20,21,24)/b22-10+. The normalized spacial score (nSPS) is 11.2. The molecule has 3 aromatic heterocycles. The van der Waals surface area contributed by atoms with Crippen molar-refractivity contribution in [1.82, 2.24) is 24.7 Å². The van der Waals surface area contributed by atoms with Gasteiger partial charge in [-0.25, -0.2) is 14.6 Å². The molecule has 0 saturated heterocycles. The SMILES string of the molecule is Cc1ccccc1-n1ncc2c(N/N=C/c3ccncc3)ncnc21. The molecule has 25 heavy (non-hydrogen) atoms. The quantitative estimate of drug-likeness (QED) is 0.460. The molecule has 0 aliphatic rings. The van der Waals surface area contributed by atoms with Crippen LogP contribution in [-0.4, -0.2) is 30.9 Å². The van der Waals surface area contributed by atoms with Crippen molar-refractivity contribution in [2.45, 2.75) is 6.92 Å². The van der Waals surface area contributed by atoms with E-state index in [0.717, 1.165) is 27.8 Å². The van der Waals surface area contributed by atoms with Crippen molar-refractivity contribution in [1.29, 1.82) is 0 Å². The molecular weight excluding hydrogens is 314 g/mol. The molecule has 0 atom stereocenters. The van der Waals surface area contributed by atoms with Gasteiger partial charge in [0.2, 0.25) is 0 Å². The molecule has 4 aromatic rings. The molecule has 122 valence electrons. The van der Waals surface area contributed by atoms with E-state index in [9.17, 15) is 0 Å². The Morgan fingerprint density at radius 3 is 2.76 bits per heavy atom. The van der Waals surface area contributed by atoms with Gasteiger partial charge >= 0.3 is 0 Å².